The van der Waals surface area contributed by atoms with Crippen LogP contribution in [0.3, 0.4) is 0 Å². The molecular formula is C15H21BrFN. The van der Waals surface area contributed by atoms with E-state index in [0.29, 0.717) is 0 Å². The first kappa shape index (κ1) is 14.0. The summed E-state index contributed by atoms with van der Waals surface area (Å²) >= 11 is 3.43. The minimum Gasteiger partial charge on any atom is -0.325 e. The third-order valence-corrected chi connectivity index (χ3v) is 4.86. The molecule has 0 saturated heterocycles. The summed E-state index contributed by atoms with van der Waals surface area (Å²) in [6, 6.07) is 4.89. The third-order valence-electron chi connectivity index (χ3n) is 4.12. The lowest BCUT2D eigenvalue weighted by atomic mass is 9.72. The van der Waals surface area contributed by atoms with Gasteiger partial charge in [0.15, 0.2) is 0 Å². The molecule has 0 radical (unpaired) electrons. The first-order valence-corrected chi connectivity index (χ1v) is 7.54. The maximum atomic E-state index is 13.1. The van der Waals surface area contributed by atoms with Gasteiger partial charge >= 0.3 is 0 Å². The summed E-state index contributed by atoms with van der Waals surface area (Å²) < 4.78 is 13.9. The monoisotopic (exact) mass is 313 g/mol. The van der Waals surface area contributed by atoms with E-state index in [-0.39, 0.29) is 11.4 Å². The lowest BCUT2D eigenvalue weighted by molar-refractivity contribution is 0.218. The second kappa shape index (κ2) is 5.70. The quantitative estimate of drug-likeness (QED) is 0.877. The van der Waals surface area contributed by atoms with E-state index >= 15 is 0 Å². The molecule has 0 amide bonds. The zero-order valence-corrected chi connectivity index (χ0v) is 12.5. The molecule has 2 N–H and O–H groups in total. The molecule has 1 nitrogen and oxygen atoms in total. The van der Waals surface area contributed by atoms with Crippen LogP contribution in [0.1, 0.15) is 44.6 Å². The molecule has 2 atom stereocenters. The van der Waals surface area contributed by atoms with E-state index in [1.54, 1.807) is 0 Å². The van der Waals surface area contributed by atoms with Crippen molar-refractivity contribution in [2.45, 2.75) is 51.0 Å². The van der Waals surface area contributed by atoms with Crippen LogP contribution >= 0.6 is 15.9 Å². The van der Waals surface area contributed by atoms with Crippen molar-refractivity contribution < 1.29 is 4.39 Å². The van der Waals surface area contributed by atoms with Gasteiger partial charge in [-0.05, 0) is 42.9 Å². The predicted octanol–water partition coefficient (Wildman–Crippen LogP) is 4.43. The highest BCUT2D eigenvalue weighted by atomic mass is 79.9. The van der Waals surface area contributed by atoms with Crippen molar-refractivity contribution in [3.63, 3.8) is 0 Å². The Morgan fingerprint density at radius 1 is 1.50 bits per heavy atom. The minimum atomic E-state index is -0.202. The van der Waals surface area contributed by atoms with Crippen molar-refractivity contribution in [2.24, 2.45) is 11.7 Å². The number of rotatable bonds is 3. The molecule has 1 aromatic carbocycles. The van der Waals surface area contributed by atoms with Gasteiger partial charge in [0.1, 0.15) is 5.82 Å². The summed E-state index contributed by atoms with van der Waals surface area (Å²) in [6.07, 6.45) is 6.74. The van der Waals surface area contributed by atoms with Crippen LogP contribution in [0.2, 0.25) is 0 Å². The van der Waals surface area contributed by atoms with Gasteiger partial charge in [0.25, 0.3) is 0 Å². The van der Waals surface area contributed by atoms with Gasteiger partial charge in [0, 0.05) is 10.0 Å². The fourth-order valence-corrected chi connectivity index (χ4v) is 3.57. The van der Waals surface area contributed by atoms with Gasteiger partial charge < -0.3 is 5.73 Å². The molecule has 1 aliphatic carbocycles. The van der Waals surface area contributed by atoms with Crippen molar-refractivity contribution in [1.29, 1.82) is 0 Å². The van der Waals surface area contributed by atoms with Crippen molar-refractivity contribution in [3.05, 3.63) is 34.1 Å². The number of nitrogens with two attached hydrogens (primary N) is 1. The largest absolute Gasteiger partial charge is 0.325 e. The smallest absolute Gasteiger partial charge is 0.124 e. The summed E-state index contributed by atoms with van der Waals surface area (Å²) in [4.78, 5) is 0. The van der Waals surface area contributed by atoms with Crippen LogP contribution in [0.5, 0.6) is 0 Å². The van der Waals surface area contributed by atoms with E-state index in [0.717, 1.165) is 35.2 Å². The maximum absolute atomic E-state index is 13.1. The molecule has 1 aromatic rings. The van der Waals surface area contributed by atoms with E-state index < -0.39 is 0 Å². The van der Waals surface area contributed by atoms with E-state index in [2.05, 4.69) is 22.9 Å². The molecule has 0 aromatic heterocycles. The molecule has 18 heavy (non-hydrogen) atoms. The molecule has 1 aliphatic rings. The van der Waals surface area contributed by atoms with Crippen molar-refractivity contribution in [2.75, 3.05) is 0 Å². The molecule has 100 valence electrons. The molecule has 2 unspecified atom stereocenters. The fourth-order valence-electron chi connectivity index (χ4n) is 3.08. The van der Waals surface area contributed by atoms with Crippen LogP contribution in [0, 0.1) is 11.7 Å². The summed E-state index contributed by atoms with van der Waals surface area (Å²) in [6.45, 7) is 2.24. The Bertz CT molecular complexity index is 421. The van der Waals surface area contributed by atoms with Crippen molar-refractivity contribution in [3.8, 4) is 0 Å². The van der Waals surface area contributed by atoms with Crippen molar-refractivity contribution in [1.82, 2.24) is 0 Å². The number of hydrogen-bond acceptors (Lipinski definition) is 1. The molecule has 0 bridgehead atoms. The van der Waals surface area contributed by atoms with Gasteiger partial charge in [-0.1, -0.05) is 48.2 Å². The average Bonchev–Trinajstić information content (AvgIpc) is 2.33. The van der Waals surface area contributed by atoms with Crippen molar-refractivity contribution >= 4 is 15.9 Å². The topological polar surface area (TPSA) is 26.0 Å². The SMILES string of the molecule is CCC1CCCC(N)(Cc2ccc(F)cc2Br)C1. The highest BCUT2D eigenvalue weighted by Gasteiger charge is 2.32. The highest BCUT2D eigenvalue weighted by Crippen LogP contribution is 2.35. The minimum absolute atomic E-state index is 0.112. The average molecular weight is 314 g/mol. The molecule has 1 saturated carbocycles. The summed E-state index contributed by atoms with van der Waals surface area (Å²) in [5, 5.41) is 0. The van der Waals surface area contributed by atoms with Crippen LogP contribution in [-0.2, 0) is 6.42 Å². The molecule has 1 fully saturated rings. The molecule has 0 spiro atoms. The lowest BCUT2D eigenvalue weighted by Crippen LogP contribution is -2.46. The van der Waals surface area contributed by atoms with E-state index in [9.17, 15) is 4.39 Å². The molecule has 2 rings (SSSR count). The Balaban J connectivity index is 2.11. The van der Waals surface area contributed by atoms with Gasteiger partial charge in [-0.25, -0.2) is 4.39 Å². The predicted molar refractivity (Wildman–Crippen MR) is 77.0 cm³/mol. The van der Waals surface area contributed by atoms with E-state index in [1.165, 1.54) is 31.4 Å². The summed E-state index contributed by atoms with van der Waals surface area (Å²) in [5.41, 5.74) is 7.56. The second-order valence-electron chi connectivity index (χ2n) is 5.65. The van der Waals surface area contributed by atoms with Gasteiger partial charge in [0.2, 0.25) is 0 Å². The van der Waals surface area contributed by atoms with Gasteiger partial charge in [-0.15, -0.1) is 0 Å². The molecular weight excluding hydrogens is 293 g/mol. The Hall–Kier alpha value is -0.410. The van der Waals surface area contributed by atoms with Crippen LogP contribution in [0.25, 0.3) is 0 Å². The lowest BCUT2D eigenvalue weighted by Gasteiger charge is -2.38. The van der Waals surface area contributed by atoms with Gasteiger partial charge in [-0.2, -0.15) is 0 Å². The van der Waals surface area contributed by atoms with Crippen LogP contribution in [0.15, 0.2) is 22.7 Å². The fraction of sp³-hybridized carbons (Fsp3) is 0.600. The van der Waals surface area contributed by atoms with Gasteiger partial charge in [0.05, 0.1) is 0 Å². The number of hydrogen-bond donors (Lipinski definition) is 1. The number of halogens is 2. The van der Waals surface area contributed by atoms with Crippen LogP contribution < -0.4 is 5.73 Å². The second-order valence-corrected chi connectivity index (χ2v) is 6.50. The zero-order chi connectivity index (χ0) is 13.2. The number of benzene rings is 1. The van der Waals surface area contributed by atoms with E-state index in [1.807, 2.05) is 6.07 Å². The standard InChI is InChI=1S/C15H21BrFN/c1-2-11-4-3-7-15(18,9-11)10-12-5-6-13(17)8-14(12)16/h5-6,8,11H,2-4,7,9-10,18H2,1H3. The highest BCUT2D eigenvalue weighted by molar-refractivity contribution is 9.10. The van der Waals surface area contributed by atoms with E-state index in [4.69, 9.17) is 5.73 Å². The Kier molecular flexibility index (Phi) is 4.44. The Morgan fingerprint density at radius 2 is 2.28 bits per heavy atom. The Labute approximate surface area is 117 Å². The molecule has 0 heterocycles. The van der Waals surface area contributed by atoms with Crippen LogP contribution in [0.4, 0.5) is 4.39 Å². The first-order valence-electron chi connectivity index (χ1n) is 6.75. The molecule has 3 heteroatoms. The normalized spacial score (nSPS) is 28.3. The summed E-state index contributed by atoms with van der Waals surface area (Å²) in [5.74, 6) is 0.551. The summed E-state index contributed by atoms with van der Waals surface area (Å²) in [7, 11) is 0. The first-order chi connectivity index (χ1) is 8.52. The maximum Gasteiger partial charge on any atom is 0.124 e. The third kappa shape index (κ3) is 3.33. The molecule has 0 aliphatic heterocycles. The van der Waals surface area contributed by atoms with Gasteiger partial charge in [-0.3, -0.25) is 0 Å². The Morgan fingerprint density at radius 3 is 2.94 bits per heavy atom. The van der Waals surface area contributed by atoms with Crippen LogP contribution in [-0.4, -0.2) is 5.54 Å². The zero-order valence-electron chi connectivity index (χ0n) is 10.9.